The molecule has 0 aromatic heterocycles. The fourth-order valence-corrected chi connectivity index (χ4v) is 4.49. The first-order valence-corrected chi connectivity index (χ1v) is 12.2. The summed E-state index contributed by atoms with van der Waals surface area (Å²) < 4.78 is 11.5. The Labute approximate surface area is 216 Å². The van der Waals surface area contributed by atoms with Crippen LogP contribution in [0.5, 0.6) is 11.5 Å². The molecule has 0 aliphatic carbocycles. The van der Waals surface area contributed by atoms with Crippen LogP contribution in [0.1, 0.15) is 38.7 Å². The molecule has 37 heavy (non-hydrogen) atoms. The van der Waals surface area contributed by atoms with Crippen molar-refractivity contribution in [2.75, 3.05) is 12.0 Å². The highest BCUT2D eigenvalue weighted by Gasteiger charge is 2.37. The van der Waals surface area contributed by atoms with E-state index in [2.05, 4.69) is 5.32 Å². The zero-order valence-corrected chi connectivity index (χ0v) is 20.8. The van der Waals surface area contributed by atoms with Gasteiger partial charge in [-0.15, -0.1) is 0 Å². The Hall–Kier alpha value is -4.58. The second-order valence-electron chi connectivity index (χ2n) is 8.96. The Bertz CT molecular complexity index is 1410. The molecule has 1 aliphatic rings. The molecule has 1 N–H and O–H groups in total. The Morgan fingerprint density at radius 2 is 1.65 bits per heavy atom. The Kier molecular flexibility index (Phi) is 6.90. The lowest BCUT2D eigenvalue weighted by Crippen LogP contribution is -2.44. The fourth-order valence-electron chi connectivity index (χ4n) is 4.49. The molecule has 5 rings (SSSR count). The number of anilines is 1. The van der Waals surface area contributed by atoms with E-state index < -0.39 is 6.04 Å². The molecular weight excluding hydrogens is 464 g/mol. The van der Waals surface area contributed by atoms with Crippen molar-refractivity contribution >= 4 is 17.5 Å². The quantitative estimate of drug-likeness (QED) is 0.394. The van der Waals surface area contributed by atoms with E-state index in [1.807, 2.05) is 73.7 Å². The minimum Gasteiger partial charge on any atom is -0.497 e. The smallest absolute Gasteiger partial charge is 0.259 e. The number of aryl methyl sites for hydroxylation is 1. The summed E-state index contributed by atoms with van der Waals surface area (Å²) in [6.07, 6.45) is 0. The van der Waals surface area contributed by atoms with Crippen molar-refractivity contribution in [1.82, 2.24) is 5.32 Å². The van der Waals surface area contributed by atoms with E-state index in [9.17, 15) is 9.59 Å². The SMILES string of the molecule is COc1ccc(N2C(=O)c3ccccc3COc3ccccc3C2C(=O)NCc2ccc(C)cc2)cc1. The van der Waals surface area contributed by atoms with Gasteiger partial charge in [-0.25, -0.2) is 0 Å². The molecule has 0 saturated heterocycles. The van der Waals surface area contributed by atoms with Gasteiger partial charge < -0.3 is 14.8 Å². The van der Waals surface area contributed by atoms with E-state index in [4.69, 9.17) is 9.47 Å². The van der Waals surface area contributed by atoms with Crippen molar-refractivity contribution in [2.45, 2.75) is 26.1 Å². The minimum atomic E-state index is -0.964. The van der Waals surface area contributed by atoms with Gasteiger partial charge >= 0.3 is 0 Å². The van der Waals surface area contributed by atoms with Crippen LogP contribution in [-0.2, 0) is 17.9 Å². The molecule has 4 aromatic carbocycles. The van der Waals surface area contributed by atoms with Gasteiger partial charge in [-0.2, -0.15) is 0 Å². The van der Waals surface area contributed by atoms with E-state index >= 15 is 0 Å². The molecule has 6 nitrogen and oxygen atoms in total. The molecule has 1 unspecified atom stereocenters. The van der Waals surface area contributed by atoms with Crippen LogP contribution in [0.3, 0.4) is 0 Å². The van der Waals surface area contributed by atoms with Crippen LogP contribution in [0.25, 0.3) is 0 Å². The van der Waals surface area contributed by atoms with Crippen molar-refractivity contribution < 1.29 is 19.1 Å². The van der Waals surface area contributed by atoms with Crippen LogP contribution in [0.4, 0.5) is 5.69 Å². The van der Waals surface area contributed by atoms with Crippen molar-refractivity contribution in [2.24, 2.45) is 0 Å². The lowest BCUT2D eigenvalue weighted by molar-refractivity contribution is -0.122. The summed E-state index contributed by atoms with van der Waals surface area (Å²) in [6, 6.07) is 28.9. The zero-order chi connectivity index (χ0) is 25.8. The number of nitrogens with zero attached hydrogens (tertiary/aromatic N) is 1. The first-order chi connectivity index (χ1) is 18.0. The molecular formula is C31H28N2O4. The Morgan fingerprint density at radius 3 is 2.41 bits per heavy atom. The number of para-hydroxylation sites is 1. The third kappa shape index (κ3) is 5.05. The molecule has 0 radical (unpaired) electrons. The van der Waals surface area contributed by atoms with Crippen molar-refractivity contribution in [3.05, 3.63) is 125 Å². The van der Waals surface area contributed by atoms with Crippen LogP contribution < -0.4 is 19.7 Å². The molecule has 0 fully saturated rings. The van der Waals surface area contributed by atoms with Crippen molar-refractivity contribution in [3.8, 4) is 11.5 Å². The number of nitrogens with one attached hydrogen (secondary N) is 1. The second kappa shape index (κ2) is 10.6. The average molecular weight is 493 g/mol. The summed E-state index contributed by atoms with van der Waals surface area (Å²) in [5.74, 6) is 0.628. The number of methoxy groups -OCH3 is 1. The molecule has 0 saturated carbocycles. The number of carbonyl (C=O) groups is 2. The maximum Gasteiger partial charge on any atom is 0.259 e. The molecule has 4 aromatic rings. The summed E-state index contributed by atoms with van der Waals surface area (Å²) in [6.45, 7) is 2.57. The Morgan fingerprint density at radius 1 is 0.946 bits per heavy atom. The molecule has 0 spiro atoms. The van der Waals surface area contributed by atoms with Gasteiger partial charge in [0, 0.05) is 28.9 Å². The van der Waals surface area contributed by atoms with Crippen LogP contribution in [0.15, 0.2) is 97.1 Å². The molecule has 2 amide bonds. The Balaban J connectivity index is 1.63. The summed E-state index contributed by atoms with van der Waals surface area (Å²) in [5, 5.41) is 3.05. The molecule has 186 valence electrons. The number of amides is 2. The van der Waals surface area contributed by atoms with Gasteiger partial charge in [-0.3, -0.25) is 14.5 Å². The summed E-state index contributed by atoms with van der Waals surface area (Å²) >= 11 is 0. The number of rotatable bonds is 5. The third-order valence-corrected chi connectivity index (χ3v) is 6.51. The highest BCUT2D eigenvalue weighted by atomic mass is 16.5. The average Bonchev–Trinajstić information content (AvgIpc) is 2.99. The standard InChI is InChI=1S/C31H28N2O4/c1-21-11-13-22(14-12-21)19-32-30(34)29-27-9-5-6-10-28(27)37-20-23-7-3-4-8-26(23)31(35)33(29)24-15-17-25(36-2)18-16-24/h3-18,29H,19-20H2,1-2H3,(H,32,34). The highest BCUT2D eigenvalue weighted by Crippen LogP contribution is 2.37. The van der Waals surface area contributed by atoms with Crippen molar-refractivity contribution in [3.63, 3.8) is 0 Å². The second-order valence-corrected chi connectivity index (χ2v) is 8.96. The van der Waals surface area contributed by atoms with E-state index in [1.165, 1.54) is 0 Å². The predicted molar refractivity (Wildman–Crippen MR) is 143 cm³/mol. The summed E-state index contributed by atoms with van der Waals surface area (Å²) in [4.78, 5) is 29.7. The molecule has 1 aliphatic heterocycles. The van der Waals surface area contributed by atoms with Crippen LogP contribution >= 0.6 is 0 Å². The van der Waals surface area contributed by atoms with Gasteiger partial charge in [0.25, 0.3) is 5.91 Å². The number of hydrogen-bond acceptors (Lipinski definition) is 4. The van der Waals surface area contributed by atoms with Gasteiger partial charge in [0.05, 0.1) is 7.11 Å². The monoisotopic (exact) mass is 492 g/mol. The number of fused-ring (bicyclic) bond motifs is 2. The lowest BCUT2D eigenvalue weighted by atomic mass is 10.00. The predicted octanol–water partition coefficient (Wildman–Crippen LogP) is 5.60. The van der Waals surface area contributed by atoms with Crippen molar-refractivity contribution in [1.29, 1.82) is 0 Å². The van der Waals surface area contributed by atoms with Crippen LogP contribution in [0.2, 0.25) is 0 Å². The van der Waals surface area contributed by atoms with Crippen LogP contribution in [-0.4, -0.2) is 18.9 Å². The number of benzene rings is 4. The molecule has 1 heterocycles. The maximum atomic E-state index is 14.2. The van der Waals surface area contributed by atoms with E-state index in [1.54, 1.807) is 42.3 Å². The molecule has 6 heteroatoms. The fraction of sp³-hybridized carbons (Fsp3) is 0.161. The van der Waals surface area contributed by atoms with Crippen LogP contribution in [0, 0.1) is 6.92 Å². The number of ether oxygens (including phenoxy) is 2. The van der Waals surface area contributed by atoms with Gasteiger partial charge in [0.15, 0.2) is 0 Å². The summed E-state index contributed by atoms with van der Waals surface area (Å²) in [7, 11) is 1.59. The highest BCUT2D eigenvalue weighted by molar-refractivity contribution is 6.11. The normalized spacial score (nSPS) is 14.8. The summed E-state index contributed by atoms with van der Waals surface area (Å²) in [5.41, 5.74) is 4.55. The maximum absolute atomic E-state index is 14.2. The van der Waals surface area contributed by atoms with Gasteiger partial charge in [0.2, 0.25) is 5.91 Å². The van der Waals surface area contributed by atoms with E-state index in [0.29, 0.717) is 34.9 Å². The number of carbonyl (C=O) groups excluding carboxylic acids is 2. The minimum absolute atomic E-state index is 0.215. The zero-order valence-electron chi connectivity index (χ0n) is 20.8. The van der Waals surface area contributed by atoms with E-state index in [-0.39, 0.29) is 18.4 Å². The van der Waals surface area contributed by atoms with E-state index in [0.717, 1.165) is 16.7 Å². The first kappa shape index (κ1) is 24.1. The van der Waals surface area contributed by atoms with Gasteiger partial charge in [-0.05, 0) is 48.9 Å². The molecule has 0 bridgehead atoms. The lowest BCUT2D eigenvalue weighted by Gasteiger charge is -2.32. The topological polar surface area (TPSA) is 67.9 Å². The van der Waals surface area contributed by atoms with Gasteiger partial charge in [0.1, 0.15) is 24.1 Å². The number of hydrogen-bond donors (Lipinski definition) is 1. The van der Waals surface area contributed by atoms with Gasteiger partial charge in [-0.1, -0.05) is 66.2 Å². The first-order valence-electron chi connectivity index (χ1n) is 12.2. The molecule has 1 atom stereocenters. The largest absolute Gasteiger partial charge is 0.497 e. The third-order valence-electron chi connectivity index (χ3n) is 6.51.